The topological polar surface area (TPSA) is 127 Å². The van der Waals surface area contributed by atoms with Gasteiger partial charge in [0.2, 0.25) is 0 Å². The molecule has 0 aliphatic carbocycles. The second kappa shape index (κ2) is 9.51. The lowest BCUT2D eigenvalue weighted by Gasteiger charge is -2.10. The highest BCUT2D eigenvalue weighted by atomic mass is 32.1. The van der Waals surface area contributed by atoms with Crippen LogP contribution in [0.2, 0.25) is 0 Å². The average molecular weight is 498 g/mol. The van der Waals surface area contributed by atoms with Crippen LogP contribution < -0.4 is 21.7 Å². The summed E-state index contributed by atoms with van der Waals surface area (Å²) in [5, 5.41) is 15.1. The molecule has 0 fully saturated rings. The zero-order chi connectivity index (χ0) is 25.2. The zero-order valence-corrected chi connectivity index (χ0v) is 20.4. The first kappa shape index (κ1) is 23.1. The molecule has 0 saturated carbocycles. The summed E-state index contributed by atoms with van der Waals surface area (Å²) in [6.45, 7) is 1.95. The van der Waals surface area contributed by atoms with Crippen molar-refractivity contribution in [1.82, 2.24) is 14.8 Å². The molecule has 5 aromatic rings. The molecule has 0 atom stereocenters. The van der Waals surface area contributed by atoms with Crippen LogP contribution in [-0.4, -0.2) is 26.7 Å². The standard InChI is InChI=1S/C26H23N7O2S/c1-15-5-3-6-17(9-15)31-26(35)32-19-8-4-7-18(10-19)30-25(34)21-14-36-23-20(12-28-24(27)22(21)23)16-11-29-33(2)13-16/h3-14H,1-2H3,(H2,27,28)(H,30,34)(H2,31,32,35). The first-order chi connectivity index (χ1) is 17.4. The highest BCUT2D eigenvalue weighted by Gasteiger charge is 2.19. The van der Waals surface area contributed by atoms with Crippen molar-refractivity contribution in [2.45, 2.75) is 6.92 Å². The maximum absolute atomic E-state index is 13.2. The van der Waals surface area contributed by atoms with E-state index in [2.05, 4.69) is 26.0 Å². The number of nitrogens with two attached hydrogens (primary N) is 1. The van der Waals surface area contributed by atoms with Crippen molar-refractivity contribution in [3.63, 3.8) is 0 Å². The number of thiophene rings is 1. The number of carbonyl (C=O) groups is 2. The molecule has 3 heterocycles. The van der Waals surface area contributed by atoms with Gasteiger partial charge in [0, 0.05) is 63.1 Å². The molecule has 0 saturated heterocycles. The molecule has 0 radical (unpaired) electrons. The van der Waals surface area contributed by atoms with Crippen molar-refractivity contribution in [3.8, 4) is 11.1 Å². The molecular weight excluding hydrogens is 474 g/mol. The van der Waals surface area contributed by atoms with Gasteiger partial charge in [0.1, 0.15) is 5.82 Å². The lowest BCUT2D eigenvalue weighted by atomic mass is 10.1. The summed E-state index contributed by atoms with van der Waals surface area (Å²) in [5.74, 6) is -0.0354. The van der Waals surface area contributed by atoms with Gasteiger partial charge in [-0.1, -0.05) is 18.2 Å². The predicted octanol–water partition coefficient (Wildman–Crippen LogP) is 5.48. The largest absolute Gasteiger partial charge is 0.383 e. The normalized spacial score (nSPS) is 10.8. The van der Waals surface area contributed by atoms with E-state index in [1.807, 2.05) is 44.4 Å². The molecule has 10 heteroatoms. The van der Waals surface area contributed by atoms with Crippen molar-refractivity contribution in [1.29, 1.82) is 0 Å². The highest BCUT2D eigenvalue weighted by molar-refractivity contribution is 7.18. The van der Waals surface area contributed by atoms with Gasteiger partial charge < -0.3 is 21.7 Å². The summed E-state index contributed by atoms with van der Waals surface area (Å²) in [7, 11) is 1.84. The van der Waals surface area contributed by atoms with E-state index < -0.39 is 0 Å². The molecule has 0 spiro atoms. The number of rotatable bonds is 5. The Bertz CT molecular complexity index is 1610. The van der Waals surface area contributed by atoms with Crippen LogP contribution in [-0.2, 0) is 7.05 Å². The van der Waals surface area contributed by atoms with Gasteiger partial charge in [-0.3, -0.25) is 9.48 Å². The predicted molar refractivity (Wildman–Crippen MR) is 144 cm³/mol. The minimum atomic E-state index is -0.380. The zero-order valence-electron chi connectivity index (χ0n) is 19.6. The molecule has 0 aliphatic heterocycles. The first-order valence-electron chi connectivity index (χ1n) is 11.1. The van der Waals surface area contributed by atoms with Crippen molar-refractivity contribution in [2.75, 3.05) is 21.7 Å². The summed E-state index contributed by atoms with van der Waals surface area (Å²) in [6.07, 6.45) is 5.34. The van der Waals surface area contributed by atoms with E-state index in [9.17, 15) is 9.59 Å². The van der Waals surface area contributed by atoms with Crippen LogP contribution in [0.4, 0.5) is 27.7 Å². The van der Waals surface area contributed by atoms with E-state index in [0.717, 1.165) is 21.4 Å². The third-order valence-corrected chi connectivity index (χ3v) is 6.55. The van der Waals surface area contributed by atoms with Gasteiger partial charge in [-0.25, -0.2) is 9.78 Å². The number of carbonyl (C=O) groups excluding carboxylic acids is 2. The first-order valence-corrected chi connectivity index (χ1v) is 12.0. The molecule has 0 aliphatic rings. The molecule has 9 nitrogen and oxygen atoms in total. The van der Waals surface area contributed by atoms with Gasteiger partial charge in [0.25, 0.3) is 5.91 Å². The Morgan fingerprint density at radius 1 is 0.972 bits per heavy atom. The molecule has 5 N–H and O–H groups in total. The van der Waals surface area contributed by atoms with Gasteiger partial charge in [-0.2, -0.15) is 5.10 Å². The van der Waals surface area contributed by atoms with Crippen LogP contribution >= 0.6 is 11.3 Å². The molecule has 2 aromatic carbocycles. The van der Waals surface area contributed by atoms with Gasteiger partial charge in [0.15, 0.2) is 0 Å². The van der Waals surface area contributed by atoms with Gasteiger partial charge in [-0.05, 0) is 42.8 Å². The number of anilines is 4. The summed E-state index contributed by atoms with van der Waals surface area (Å²) in [6, 6.07) is 14.1. The number of nitrogen functional groups attached to an aromatic ring is 1. The molecule has 180 valence electrons. The Kier molecular flexibility index (Phi) is 6.09. The van der Waals surface area contributed by atoms with Crippen LogP contribution in [0, 0.1) is 6.92 Å². The van der Waals surface area contributed by atoms with Gasteiger partial charge in [0.05, 0.1) is 11.8 Å². The summed E-state index contributed by atoms with van der Waals surface area (Å²) < 4.78 is 2.57. The van der Waals surface area contributed by atoms with E-state index in [4.69, 9.17) is 5.73 Å². The fourth-order valence-electron chi connectivity index (χ4n) is 3.89. The number of benzene rings is 2. The molecule has 0 unspecified atom stereocenters. The number of nitrogens with one attached hydrogen (secondary N) is 3. The van der Waals surface area contributed by atoms with E-state index in [-0.39, 0.29) is 17.8 Å². The van der Waals surface area contributed by atoms with Crippen molar-refractivity contribution in [2.24, 2.45) is 7.05 Å². The fraction of sp³-hybridized carbons (Fsp3) is 0.0769. The molecule has 3 aromatic heterocycles. The maximum Gasteiger partial charge on any atom is 0.323 e. The second-order valence-electron chi connectivity index (χ2n) is 8.30. The van der Waals surface area contributed by atoms with Crippen LogP contribution in [0.5, 0.6) is 0 Å². The Labute approximate surface area is 211 Å². The van der Waals surface area contributed by atoms with E-state index in [1.54, 1.807) is 46.7 Å². The monoisotopic (exact) mass is 497 g/mol. The highest BCUT2D eigenvalue weighted by Crippen LogP contribution is 2.37. The molecule has 0 bridgehead atoms. The van der Waals surface area contributed by atoms with E-state index >= 15 is 0 Å². The number of fused-ring (bicyclic) bond motifs is 1. The summed E-state index contributed by atoms with van der Waals surface area (Å²) >= 11 is 1.43. The maximum atomic E-state index is 13.2. The van der Waals surface area contributed by atoms with Gasteiger partial charge >= 0.3 is 6.03 Å². The summed E-state index contributed by atoms with van der Waals surface area (Å²) in [5.41, 5.74) is 11.2. The minimum Gasteiger partial charge on any atom is -0.383 e. The molecule has 5 rings (SSSR count). The number of hydrogen-bond acceptors (Lipinski definition) is 6. The van der Waals surface area contributed by atoms with Crippen LogP contribution in [0.3, 0.4) is 0 Å². The Balaban J connectivity index is 1.34. The number of urea groups is 1. The number of aromatic nitrogens is 3. The van der Waals surface area contributed by atoms with Crippen molar-refractivity contribution < 1.29 is 9.59 Å². The quantitative estimate of drug-likeness (QED) is 0.256. The molecular formula is C26H23N7O2S. The second-order valence-corrected chi connectivity index (χ2v) is 9.18. The smallest absolute Gasteiger partial charge is 0.323 e. The lowest BCUT2D eigenvalue weighted by Crippen LogP contribution is -2.19. The third-order valence-electron chi connectivity index (χ3n) is 5.54. The molecule has 3 amide bonds. The number of aryl methyl sites for hydroxylation is 2. The minimum absolute atomic E-state index is 0.285. The third kappa shape index (κ3) is 4.75. The van der Waals surface area contributed by atoms with Gasteiger partial charge in [-0.15, -0.1) is 11.3 Å². The van der Waals surface area contributed by atoms with Crippen LogP contribution in [0.15, 0.2) is 72.5 Å². The van der Waals surface area contributed by atoms with E-state index in [1.165, 1.54) is 11.3 Å². The van der Waals surface area contributed by atoms with Crippen LogP contribution in [0.1, 0.15) is 15.9 Å². The van der Waals surface area contributed by atoms with Crippen molar-refractivity contribution >= 4 is 56.2 Å². The molecule has 36 heavy (non-hydrogen) atoms. The Morgan fingerprint density at radius 3 is 2.36 bits per heavy atom. The number of hydrogen-bond donors (Lipinski definition) is 4. The van der Waals surface area contributed by atoms with Crippen molar-refractivity contribution in [3.05, 3.63) is 83.6 Å². The number of nitrogens with zero attached hydrogens (tertiary/aromatic N) is 3. The SMILES string of the molecule is Cc1cccc(NC(=O)Nc2cccc(NC(=O)c3csc4c(-c5cnn(C)c5)cnc(N)c34)c2)c1. The Hall–Kier alpha value is -4.70. The van der Waals surface area contributed by atoms with E-state index in [0.29, 0.717) is 28.0 Å². The lowest BCUT2D eigenvalue weighted by molar-refractivity contribution is 0.102. The number of amides is 3. The summed E-state index contributed by atoms with van der Waals surface area (Å²) in [4.78, 5) is 29.9. The Morgan fingerprint density at radius 2 is 1.67 bits per heavy atom. The average Bonchev–Trinajstić information content (AvgIpc) is 3.47. The fourth-order valence-corrected chi connectivity index (χ4v) is 4.98. The number of pyridine rings is 1. The van der Waals surface area contributed by atoms with Crippen LogP contribution in [0.25, 0.3) is 21.2 Å².